The highest BCUT2D eigenvalue weighted by atomic mass is 16.5. The standard InChI is InChI=1S/C13H14N4O2/c1-17-8-9(7-14)6-10(17)11-15-12(16-19-11)13(18-2)4-3-5-13/h6,8H,3-5H2,1-2H3. The monoisotopic (exact) mass is 258 g/mol. The molecule has 0 spiro atoms. The molecule has 0 saturated heterocycles. The van der Waals surface area contributed by atoms with Crippen LogP contribution in [-0.4, -0.2) is 21.8 Å². The lowest BCUT2D eigenvalue weighted by molar-refractivity contribution is -0.0858. The van der Waals surface area contributed by atoms with E-state index in [0.717, 1.165) is 25.0 Å². The van der Waals surface area contributed by atoms with E-state index >= 15 is 0 Å². The Bertz CT molecular complexity index is 640. The molecule has 0 N–H and O–H groups in total. The second kappa shape index (κ2) is 4.21. The molecule has 0 bridgehead atoms. The molecule has 0 radical (unpaired) electrons. The Hall–Kier alpha value is -2.13. The van der Waals surface area contributed by atoms with Crippen LogP contribution >= 0.6 is 0 Å². The van der Waals surface area contributed by atoms with Crippen LogP contribution in [-0.2, 0) is 17.4 Å². The van der Waals surface area contributed by atoms with Crippen LogP contribution in [0, 0.1) is 11.3 Å². The van der Waals surface area contributed by atoms with Gasteiger partial charge in [-0.2, -0.15) is 10.2 Å². The summed E-state index contributed by atoms with van der Waals surface area (Å²) in [7, 11) is 3.51. The highest BCUT2D eigenvalue weighted by Crippen LogP contribution is 2.43. The first-order valence-electron chi connectivity index (χ1n) is 6.15. The lowest BCUT2D eigenvalue weighted by Crippen LogP contribution is -2.37. The van der Waals surface area contributed by atoms with Gasteiger partial charge in [0.1, 0.15) is 17.4 Å². The zero-order valence-corrected chi connectivity index (χ0v) is 10.9. The summed E-state index contributed by atoms with van der Waals surface area (Å²) >= 11 is 0. The van der Waals surface area contributed by atoms with E-state index in [9.17, 15) is 0 Å². The molecule has 6 nitrogen and oxygen atoms in total. The van der Waals surface area contributed by atoms with E-state index in [2.05, 4.69) is 16.2 Å². The Labute approximate surface area is 110 Å². The Kier molecular flexibility index (Phi) is 2.64. The van der Waals surface area contributed by atoms with Crippen LogP contribution in [0.15, 0.2) is 16.8 Å². The Morgan fingerprint density at radius 1 is 1.53 bits per heavy atom. The summed E-state index contributed by atoms with van der Waals surface area (Å²) in [6.45, 7) is 0. The van der Waals surface area contributed by atoms with Gasteiger partial charge in [0.15, 0.2) is 0 Å². The van der Waals surface area contributed by atoms with Gasteiger partial charge >= 0.3 is 0 Å². The molecule has 1 fully saturated rings. The second-order valence-electron chi connectivity index (χ2n) is 4.81. The zero-order chi connectivity index (χ0) is 13.5. The summed E-state index contributed by atoms with van der Waals surface area (Å²) in [5.41, 5.74) is 0.925. The first kappa shape index (κ1) is 11.9. The molecule has 2 aromatic rings. The Balaban J connectivity index is 1.97. The molecule has 2 aromatic heterocycles. The number of methoxy groups -OCH3 is 1. The van der Waals surface area contributed by atoms with E-state index in [1.165, 1.54) is 0 Å². The highest BCUT2D eigenvalue weighted by molar-refractivity contribution is 5.52. The molecule has 0 aromatic carbocycles. The SMILES string of the molecule is COC1(c2noc(-c3cc(C#N)cn3C)n2)CCC1. The molecular weight excluding hydrogens is 244 g/mol. The molecule has 0 amide bonds. The molecule has 1 aliphatic rings. The van der Waals surface area contributed by atoms with Gasteiger partial charge in [-0.15, -0.1) is 0 Å². The minimum atomic E-state index is -0.384. The maximum atomic E-state index is 8.89. The highest BCUT2D eigenvalue weighted by Gasteiger charge is 2.43. The lowest BCUT2D eigenvalue weighted by Gasteiger charge is -2.37. The Morgan fingerprint density at radius 3 is 2.84 bits per heavy atom. The summed E-state index contributed by atoms with van der Waals surface area (Å²) in [6.07, 6.45) is 4.67. The van der Waals surface area contributed by atoms with Crippen LogP contribution in [0.2, 0.25) is 0 Å². The van der Waals surface area contributed by atoms with E-state index in [1.807, 2.05) is 7.05 Å². The van der Waals surface area contributed by atoms with Gasteiger partial charge in [-0.05, 0) is 25.3 Å². The fourth-order valence-corrected chi connectivity index (χ4v) is 2.37. The first-order chi connectivity index (χ1) is 9.18. The third kappa shape index (κ3) is 1.74. The van der Waals surface area contributed by atoms with Gasteiger partial charge in [-0.1, -0.05) is 5.16 Å². The third-order valence-electron chi connectivity index (χ3n) is 3.74. The van der Waals surface area contributed by atoms with E-state index in [4.69, 9.17) is 14.5 Å². The van der Waals surface area contributed by atoms with Crippen LogP contribution in [0.5, 0.6) is 0 Å². The Morgan fingerprint density at radius 2 is 2.32 bits per heavy atom. The van der Waals surface area contributed by atoms with Crippen LogP contribution in [0.3, 0.4) is 0 Å². The fourth-order valence-electron chi connectivity index (χ4n) is 2.37. The van der Waals surface area contributed by atoms with Crippen LogP contribution < -0.4 is 0 Å². The molecule has 0 unspecified atom stereocenters. The molecule has 0 atom stereocenters. The van der Waals surface area contributed by atoms with Gasteiger partial charge in [-0.3, -0.25) is 0 Å². The van der Waals surface area contributed by atoms with Crippen molar-refractivity contribution >= 4 is 0 Å². The van der Waals surface area contributed by atoms with Crippen LogP contribution in [0.25, 0.3) is 11.6 Å². The number of hydrogen-bond acceptors (Lipinski definition) is 5. The summed E-state index contributed by atoms with van der Waals surface area (Å²) in [4.78, 5) is 4.42. The van der Waals surface area contributed by atoms with E-state index < -0.39 is 0 Å². The predicted octanol–water partition coefficient (Wildman–Crippen LogP) is 1.97. The maximum absolute atomic E-state index is 8.89. The summed E-state index contributed by atoms with van der Waals surface area (Å²) in [5.74, 6) is 1.01. The zero-order valence-electron chi connectivity index (χ0n) is 10.9. The summed E-state index contributed by atoms with van der Waals surface area (Å²) < 4.78 is 12.6. The van der Waals surface area contributed by atoms with Crippen LogP contribution in [0.4, 0.5) is 0 Å². The molecule has 0 aliphatic heterocycles. The van der Waals surface area contributed by atoms with Crippen molar-refractivity contribution in [2.75, 3.05) is 7.11 Å². The van der Waals surface area contributed by atoms with Crippen molar-refractivity contribution in [3.8, 4) is 17.7 Å². The van der Waals surface area contributed by atoms with Gasteiger partial charge in [0.2, 0.25) is 5.82 Å². The van der Waals surface area contributed by atoms with E-state index in [0.29, 0.717) is 17.3 Å². The minimum absolute atomic E-state index is 0.384. The van der Waals surface area contributed by atoms with Gasteiger partial charge in [0.25, 0.3) is 5.89 Å². The van der Waals surface area contributed by atoms with Crippen molar-refractivity contribution < 1.29 is 9.26 Å². The molecule has 1 saturated carbocycles. The average molecular weight is 258 g/mol. The van der Waals surface area contributed by atoms with Gasteiger partial charge in [0.05, 0.1) is 5.56 Å². The average Bonchev–Trinajstić information content (AvgIpc) is 2.95. The molecule has 2 heterocycles. The maximum Gasteiger partial charge on any atom is 0.274 e. The first-order valence-corrected chi connectivity index (χ1v) is 6.15. The fraction of sp³-hybridized carbons (Fsp3) is 0.462. The van der Waals surface area contributed by atoms with Gasteiger partial charge in [0, 0.05) is 20.4 Å². The predicted molar refractivity (Wildman–Crippen MR) is 66.0 cm³/mol. The van der Waals surface area contributed by atoms with Crippen molar-refractivity contribution in [3.05, 3.63) is 23.7 Å². The van der Waals surface area contributed by atoms with Crippen molar-refractivity contribution in [3.63, 3.8) is 0 Å². The largest absolute Gasteiger partial charge is 0.370 e. The number of hydrogen-bond donors (Lipinski definition) is 0. The van der Waals surface area contributed by atoms with Crippen molar-refractivity contribution in [2.45, 2.75) is 24.9 Å². The summed E-state index contributed by atoms with van der Waals surface area (Å²) in [6, 6.07) is 3.83. The topological polar surface area (TPSA) is 76.9 Å². The van der Waals surface area contributed by atoms with Crippen LogP contribution in [0.1, 0.15) is 30.7 Å². The van der Waals surface area contributed by atoms with E-state index in [-0.39, 0.29) is 5.60 Å². The second-order valence-corrected chi connectivity index (χ2v) is 4.81. The number of nitrogens with zero attached hydrogens (tertiary/aromatic N) is 4. The molecular formula is C13H14N4O2. The molecule has 6 heteroatoms. The van der Waals surface area contributed by atoms with E-state index in [1.54, 1.807) is 23.9 Å². The number of rotatable bonds is 3. The smallest absolute Gasteiger partial charge is 0.274 e. The van der Waals surface area contributed by atoms with Gasteiger partial charge in [-0.25, -0.2) is 0 Å². The number of nitriles is 1. The normalized spacial score (nSPS) is 16.9. The van der Waals surface area contributed by atoms with Crippen molar-refractivity contribution in [2.24, 2.45) is 7.05 Å². The van der Waals surface area contributed by atoms with Crippen molar-refractivity contribution in [1.29, 1.82) is 5.26 Å². The number of aromatic nitrogens is 3. The number of aryl methyl sites for hydroxylation is 1. The van der Waals surface area contributed by atoms with Gasteiger partial charge < -0.3 is 13.8 Å². The molecule has 98 valence electrons. The third-order valence-corrected chi connectivity index (χ3v) is 3.74. The minimum Gasteiger partial charge on any atom is -0.370 e. The molecule has 3 rings (SSSR count). The summed E-state index contributed by atoms with van der Waals surface area (Å²) in [5, 5.41) is 12.9. The molecule has 1 aliphatic carbocycles. The molecule has 19 heavy (non-hydrogen) atoms. The number of ether oxygens (including phenoxy) is 1. The van der Waals surface area contributed by atoms with Crippen molar-refractivity contribution in [1.82, 2.24) is 14.7 Å². The quantitative estimate of drug-likeness (QED) is 0.841. The lowest BCUT2D eigenvalue weighted by atomic mass is 9.79.